The van der Waals surface area contributed by atoms with Gasteiger partial charge in [-0.05, 0) is 43.2 Å². The number of carbonyl (C=O) groups excluding carboxylic acids is 3. The van der Waals surface area contributed by atoms with Gasteiger partial charge in [0.25, 0.3) is 0 Å². The Bertz CT molecular complexity index is 929. The van der Waals surface area contributed by atoms with Crippen LogP contribution in [-0.2, 0) is 9.59 Å². The third kappa shape index (κ3) is 5.04. The van der Waals surface area contributed by atoms with Gasteiger partial charge >= 0.3 is 6.03 Å². The van der Waals surface area contributed by atoms with E-state index in [-0.39, 0.29) is 30.8 Å². The van der Waals surface area contributed by atoms with E-state index >= 15 is 0 Å². The Balaban J connectivity index is 1.48. The van der Waals surface area contributed by atoms with Gasteiger partial charge in [-0.2, -0.15) is 0 Å². The van der Waals surface area contributed by atoms with E-state index in [1.807, 2.05) is 19.1 Å². The first-order valence-electron chi connectivity index (χ1n) is 9.36. The molecule has 8 heteroatoms. The molecule has 0 unspecified atom stereocenters. The Labute approximate surface area is 169 Å². The van der Waals surface area contributed by atoms with Gasteiger partial charge < -0.3 is 20.7 Å². The third-order valence-electron chi connectivity index (χ3n) is 4.50. The number of urea groups is 1. The van der Waals surface area contributed by atoms with Gasteiger partial charge in [-0.1, -0.05) is 18.2 Å². The maximum Gasteiger partial charge on any atom is 0.322 e. The number of rotatable bonds is 6. The summed E-state index contributed by atoms with van der Waals surface area (Å²) in [6.07, 6.45) is 0.710. The number of hydrogen-bond donors (Lipinski definition) is 3. The van der Waals surface area contributed by atoms with E-state index < -0.39 is 0 Å². The number of nitrogens with one attached hydrogen (secondary N) is 3. The second kappa shape index (κ2) is 9.09. The lowest BCUT2D eigenvalue weighted by Gasteiger charge is -2.29. The van der Waals surface area contributed by atoms with Crippen LogP contribution in [0.5, 0.6) is 5.75 Å². The predicted octanol–water partition coefficient (Wildman–Crippen LogP) is 2.89. The number of hydrogen-bond acceptors (Lipinski definition) is 4. The monoisotopic (exact) mass is 396 g/mol. The van der Waals surface area contributed by atoms with Crippen LogP contribution in [0, 0.1) is 6.92 Å². The molecule has 3 rings (SSSR count). The van der Waals surface area contributed by atoms with E-state index in [2.05, 4.69) is 16.0 Å². The van der Waals surface area contributed by atoms with Gasteiger partial charge in [-0.3, -0.25) is 14.5 Å². The summed E-state index contributed by atoms with van der Waals surface area (Å²) in [5, 5.41) is 8.34. The van der Waals surface area contributed by atoms with Gasteiger partial charge in [0.1, 0.15) is 12.3 Å². The first kappa shape index (κ1) is 20.2. The molecule has 4 amide bonds. The van der Waals surface area contributed by atoms with Crippen LogP contribution in [0.3, 0.4) is 0 Å². The van der Waals surface area contributed by atoms with E-state index in [0.717, 1.165) is 5.56 Å². The summed E-state index contributed by atoms with van der Waals surface area (Å²) >= 11 is 0. The number of carbonyl (C=O) groups is 3. The van der Waals surface area contributed by atoms with E-state index in [0.29, 0.717) is 35.8 Å². The number of benzene rings is 2. The molecular formula is C21H24N4O4. The Morgan fingerprint density at radius 1 is 1.21 bits per heavy atom. The fraction of sp³-hybridized carbons (Fsp3) is 0.286. The molecule has 1 heterocycles. The Hall–Kier alpha value is -3.55. The van der Waals surface area contributed by atoms with Crippen molar-refractivity contribution in [2.24, 2.45) is 0 Å². The molecule has 0 saturated heterocycles. The quantitative estimate of drug-likeness (QED) is 0.654. The summed E-state index contributed by atoms with van der Waals surface area (Å²) in [5.41, 5.74) is 2.89. The van der Waals surface area contributed by atoms with Crippen LogP contribution in [0.4, 0.5) is 21.9 Å². The fourth-order valence-electron chi connectivity index (χ4n) is 3.09. The van der Waals surface area contributed by atoms with Crippen molar-refractivity contribution in [2.45, 2.75) is 19.8 Å². The van der Waals surface area contributed by atoms with Crippen LogP contribution in [0.2, 0.25) is 0 Å². The highest BCUT2D eigenvalue weighted by Gasteiger charge is 2.26. The van der Waals surface area contributed by atoms with Crippen molar-refractivity contribution >= 4 is 34.9 Å². The average Bonchev–Trinajstić information content (AvgIpc) is 2.70. The minimum absolute atomic E-state index is 0.0452. The number of methoxy groups -OCH3 is 1. The highest BCUT2D eigenvalue weighted by molar-refractivity contribution is 6.09. The lowest BCUT2D eigenvalue weighted by molar-refractivity contribution is -0.116. The number of fused-ring (bicyclic) bond motifs is 1. The lowest BCUT2D eigenvalue weighted by Crippen LogP contribution is -2.47. The second-order valence-corrected chi connectivity index (χ2v) is 6.74. The molecule has 0 aromatic heterocycles. The number of nitrogens with zero attached hydrogens (tertiary/aromatic N) is 1. The van der Waals surface area contributed by atoms with Crippen molar-refractivity contribution in [1.82, 2.24) is 5.32 Å². The summed E-state index contributed by atoms with van der Waals surface area (Å²) in [6.45, 7) is 2.21. The summed E-state index contributed by atoms with van der Waals surface area (Å²) in [7, 11) is 1.55. The molecular weight excluding hydrogens is 372 g/mol. The number of aryl methyl sites for hydroxylation is 1. The summed E-state index contributed by atoms with van der Waals surface area (Å²) in [4.78, 5) is 37.9. The molecule has 0 radical (unpaired) electrons. The maximum absolute atomic E-state index is 12.5. The molecule has 3 N–H and O–H groups in total. The van der Waals surface area contributed by atoms with E-state index in [4.69, 9.17) is 4.74 Å². The molecule has 2 aromatic rings. The van der Waals surface area contributed by atoms with Crippen LogP contribution in [0.25, 0.3) is 0 Å². The van der Waals surface area contributed by atoms with Crippen LogP contribution in [0.1, 0.15) is 18.4 Å². The van der Waals surface area contributed by atoms with Crippen molar-refractivity contribution in [3.63, 3.8) is 0 Å². The number of amides is 4. The van der Waals surface area contributed by atoms with Gasteiger partial charge in [0, 0.05) is 13.0 Å². The van der Waals surface area contributed by atoms with Crippen LogP contribution in [-0.4, -0.2) is 38.0 Å². The standard InChI is InChI=1S/C21H24N4O4/c1-14-9-10-18(29-2)16(12-14)24-19(26)8-5-11-22-21(28)25-13-20(27)23-15-6-3-4-7-17(15)25/h3-4,6-7,9-10,12H,5,8,11,13H2,1-2H3,(H,22,28)(H,23,27)(H,24,26). The highest BCUT2D eigenvalue weighted by atomic mass is 16.5. The smallest absolute Gasteiger partial charge is 0.322 e. The fourth-order valence-corrected chi connectivity index (χ4v) is 3.09. The van der Waals surface area contributed by atoms with Gasteiger partial charge in [-0.15, -0.1) is 0 Å². The number of para-hydroxylation sites is 2. The predicted molar refractivity (Wildman–Crippen MR) is 111 cm³/mol. The van der Waals surface area contributed by atoms with Crippen molar-refractivity contribution < 1.29 is 19.1 Å². The molecule has 0 spiro atoms. The third-order valence-corrected chi connectivity index (χ3v) is 4.50. The minimum Gasteiger partial charge on any atom is -0.495 e. The molecule has 0 atom stereocenters. The van der Waals surface area contributed by atoms with Gasteiger partial charge in [0.2, 0.25) is 11.8 Å². The van der Waals surface area contributed by atoms with Gasteiger partial charge in [-0.25, -0.2) is 4.79 Å². The zero-order valence-corrected chi connectivity index (χ0v) is 16.5. The Kier molecular flexibility index (Phi) is 6.33. The molecule has 1 aliphatic heterocycles. The molecule has 0 fully saturated rings. The Morgan fingerprint density at radius 2 is 2.00 bits per heavy atom. The second-order valence-electron chi connectivity index (χ2n) is 6.74. The lowest BCUT2D eigenvalue weighted by atomic mass is 10.2. The zero-order valence-electron chi connectivity index (χ0n) is 16.5. The highest BCUT2D eigenvalue weighted by Crippen LogP contribution is 2.28. The van der Waals surface area contributed by atoms with Crippen molar-refractivity contribution in [1.29, 1.82) is 0 Å². The minimum atomic E-state index is -0.368. The van der Waals surface area contributed by atoms with E-state index in [9.17, 15) is 14.4 Å². The van der Waals surface area contributed by atoms with E-state index in [1.165, 1.54) is 4.90 Å². The van der Waals surface area contributed by atoms with Crippen molar-refractivity contribution in [2.75, 3.05) is 35.7 Å². The van der Waals surface area contributed by atoms with Gasteiger partial charge in [0.05, 0.1) is 24.2 Å². The SMILES string of the molecule is COc1ccc(C)cc1NC(=O)CCCNC(=O)N1CC(=O)Nc2ccccc21. The van der Waals surface area contributed by atoms with Crippen LogP contribution in [0.15, 0.2) is 42.5 Å². The summed E-state index contributed by atoms with van der Waals surface area (Å²) in [5.74, 6) is 0.190. The molecule has 0 bridgehead atoms. The largest absolute Gasteiger partial charge is 0.495 e. The molecule has 1 aliphatic rings. The first-order chi connectivity index (χ1) is 14.0. The van der Waals surface area contributed by atoms with Crippen LogP contribution < -0.4 is 25.6 Å². The molecule has 0 saturated carbocycles. The number of anilines is 3. The Morgan fingerprint density at radius 3 is 2.79 bits per heavy atom. The summed E-state index contributed by atoms with van der Waals surface area (Å²) < 4.78 is 5.25. The molecule has 0 aliphatic carbocycles. The van der Waals surface area contributed by atoms with Gasteiger partial charge in [0.15, 0.2) is 0 Å². The molecule has 2 aromatic carbocycles. The maximum atomic E-state index is 12.5. The average molecular weight is 396 g/mol. The first-order valence-corrected chi connectivity index (χ1v) is 9.36. The zero-order chi connectivity index (χ0) is 20.8. The number of ether oxygens (including phenoxy) is 1. The van der Waals surface area contributed by atoms with Crippen molar-refractivity contribution in [3.05, 3.63) is 48.0 Å². The normalized spacial score (nSPS) is 12.6. The molecule has 152 valence electrons. The molecule has 29 heavy (non-hydrogen) atoms. The molecule has 8 nitrogen and oxygen atoms in total. The summed E-state index contributed by atoms with van der Waals surface area (Å²) in [6, 6.07) is 12.3. The van der Waals surface area contributed by atoms with Crippen LogP contribution >= 0.6 is 0 Å². The van der Waals surface area contributed by atoms with E-state index in [1.54, 1.807) is 37.4 Å². The topological polar surface area (TPSA) is 99.8 Å². The van der Waals surface area contributed by atoms with Crippen molar-refractivity contribution in [3.8, 4) is 5.75 Å².